The van der Waals surface area contributed by atoms with Crippen LogP contribution in [0, 0.1) is 5.28 Å². The molecule has 3 nitrogen and oxygen atoms in total. The molecule has 0 aromatic carbocycles. The van der Waals surface area contributed by atoms with Gasteiger partial charge in [-0.1, -0.05) is 33.8 Å². The summed E-state index contributed by atoms with van der Waals surface area (Å²) in [6.45, 7) is 13.0. The summed E-state index contributed by atoms with van der Waals surface area (Å²) in [5.74, 6) is 0. The van der Waals surface area contributed by atoms with Crippen molar-refractivity contribution in [2.75, 3.05) is 13.2 Å². The zero-order valence-corrected chi connectivity index (χ0v) is 14.8. The monoisotopic (exact) mass is 284 g/mol. The van der Waals surface area contributed by atoms with Crippen LogP contribution in [-0.4, -0.2) is 21.3 Å². The number of rotatable bonds is 8. The van der Waals surface area contributed by atoms with Crippen LogP contribution in [0.15, 0.2) is 12.2 Å². The van der Waals surface area contributed by atoms with Gasteiger partial charge in [-0.25, -0.2) is 0 Å². The first-order valence-electron chi connectivity index (χ1n) is 6.19. The normalized spacial score (nSPS) is 13.1. The van der Waals surface area contributed by atoms with Crippen molar-refractivity contribution in [1.29, 1.82) is 0 Å². The molecule has 0 radical (unpaired) electrons. The first kappa shape index (κ1) is 21.0. The van der Waals surface area contributed by atoms with Crippen molar-refractivity contribution in [1.82, 2.24) is 0 Å². The van der Waals surface area contributed by atoms with Gasteiger partial charge in [0.25, 0.3) is 0 Å². The van der Waals surface area contributed by atoms with Crippen molar-refractivity contribution >= 4 is 15.7 Å². The van der Waals surface area contributed by atoms with E-state index in [1.165, 1.54) is 0 Å². The van der Waals surface area contributed by atoms with Crippen molar-refractivity contribution in [3.8, 4) is 0 Å². The Morgan fingerprint density at radius 3 is 1.89 bits per heavy atom. The molecular formula is C12H26LiO3PSi. The minimum absolute atomic E-state index is 0. The van der Waals surface area contributed by atoms with Gasteiger partial charge in [0.2, 0.25) is 0 Å². The summed E-state index contributed by atoms with van der Waals surface area (Å²) < 4.78 is 23.7. The predicted molar refractivity (Wildman–Crippen MR) is 76.9 cm³/mol. The summed E-state index contributed by atoms with van der Waals surface area (Å²) in [5, 5.41) is 0.979. The van der Waals surface area contributed by atoms with Crippen molar-refractivity contribution < 1.29 is 32.5 Å². The number of hydrogen-bond donors (Lipinski definition) is 0. The molecule has 6 heteroatoms. The van der Waals surface area contributed by atoms with E-state index in [1.54, 1.807) is 0 Å². The SMILES string of the molecule is C/C=C/C[C-]([Si](C)(C)C)P(=O)(OCC)OCC.[Li+]. The Bertz CT molecular complexity index is 280. The average molecular weight is 284 g/mol. The molecule has 0 saturated heterocycles. The van der Waals surface area contributed by atoms with Gasteiger partial charge in [-0.05, 0) is 20.8 Å². The maximum Gasteiger partial charge on any atom is 1.00 e. The molecule has 0 aromatic heterocycles. The van der Waals surface area contributed by atoms with E-state index in [-0.39, 0.29) is 18.9 Å². The molecule has 0 aliphatic carbocycles. The third kappa shape index (κ3) is 6.75. The van der Waals surface area contributed by atoms with Crippen LogP contribution in [0.3, 0.4) is 0 Å². The van der Waals surface area contributed by atoms with Crippen LogP contribution in [0.25, 0.3) is 0 Å². The van der Waals surface area contributed by atoms with E-state index in [2.05, 4.69) is 19.6 Å². The van der Waals surface area contributed by atoms with E-state index < -0.39 is 15.7 Å². The first-order valence-corrected chi connectivity index (χ1v) is 11.2. The van der Waals surface area contributed by atoms with Gasteiger partial charge in [0.05, 0.1) is 13.2 Å². The van der Waals surface area contributed by atoms with Crippen molar-refractivity contribution in [3.63, 3.8) is 0 Å². The van der Waals surface area contributed by atoms with Crippen LogP contribution in [-0.2, 0) is 13.6 Å². The first-order chi connectivity index (χ1) is 7.81. The fourth-order valence-corrected chi connectivity index (χ4v) is 7.39. The molecule has 0 unspecified atom stereocenters. The third-order valence-electron chi connectivity index (χ3n) is 2.34. The molecule has 102 valence electrons. The van der Waals surface area contributed by atoms with Gasteiger partial charge in [-0.2, -0.15) is 5.28 Å². The third-order valence-corrected chi connectivity index (χ3v) is 9.15. The second kappa shape index (κ2) is 9.58. The fraction of sp³-hybridized carbons (Fsp3) is 0.750. The molecule has 0 saturated carbocycles. The maximum atomic E-state index is 12.8. The van der Waals surface area contributed by atoms with Crippen LogP contribution in [0.5, 0.6) is 0 Å². The Hall–Kier alpha value is 0.704. The van der Waals surface area contributed by atoms with E-state index in [0.717, 1.165) is 5.28 Å². The molecule has 18 heavy (non-hydrogen) atoms. The average Bonchev–Trinajstić information content (AvgIpc) is 2.16. The minimum atomic E-state index is -3.05. The minimum Gasteiger partial charge on any atom is -0.331 e. The van der Waals surface area contributed by atoms with E-state index in [9.17, 15) is 4.57 Å². The van der Waals surface area contributed by atoms with Crippen molar-refractivity contribution in [3.05, 3.63) is 17.4 Å². The molecule has 0 bridgehead atoms. The topological polar surface area (TPSA) is 35.5 Å². The summed E-state index contributed by atoms with van der Waals surface area (Å²) >= 11 is 0. The predicted octanol–water partition coefficient (Wildman–Crippen LogP) is 1.63. The van der Waals surface area contributed by atoms with Gasteiger partial charge in [0, 0.05) is 0 Å². The van der Waals surface area contributed by atoms with Crippen LogP contribution >= 0.6 is 7.60 Å². The second-order valence-corrected chi connectivity index (χ2v) is 12.4. The van der Waals surface area contributed by atoms with E-state index in [4.69, 9.17) is 9.05 Å². The molecule has 0 aliphatic rings. The smallest absolute Gasteiger partial charge is 0.331 e. The molecule has 0 rings (SSSR count). The van der Waals surface area contributed by atoms with Crippen LogP contribution in [0.4, 0.5) is 0 Å². The molecule has 0 amide bonds. The van der Waals surface area contributed by atoms with Crippen LogP contribution < -0.4 is 18.9 Å². The van der Waals surface area contributed by atoms with Gasteiger partial charge in [0.15, 0.2) is 7.60 Å². The van der Waals surface area contributed by atoms with Crippen molar-refractivity contribution in [2.24, 2.45) is 0 Å². The molecule has 0 aromatic rings. The quantitative estimate of drug-likeness (QED) is 0.294. The fourth-order valence-electron chi connectivity index (χ4n) is 1.59. The van der Waals surface area contributed by atoms with Crippen LogP contribution in [0.1, 0.15) is 27.2 Å². The summed E-state index contributed by atoms with van der Waals surface area (Å²) in [6.07, 6.45) is 4.70. The number of hydrogen-bond acceptors (Lipinski definition) is 3. The Labute approximate surface area is 125 Å². The molecule has 0 fully saturated rings. The number of allylic oxidation sites excluding steroid dienone is 2. The van der Waals surface area contributed by atoms with Gasteiger partial charge < -0.3 is 9.05 Å². The Balaban J connectivity index is 0. The van der Waals surface area contributed by atoms with E-state index >= 15 is 0 Å². The maximum absolute atomic E-state index is 12.8. The summed E-state index contributed by atoms with van der Waals surface area (Å²) in [7, 11) is -4.74. The van der Waals surface area contributed by atoms with E-state index in [0.29, 0.717) is 19.6 Å². The summed E-state index contributed by atoms with van der Waals surface area (Å²) in [5.41, 5.74) is 0. The van der Waals surface area contributed by atoms with Gasteiger partial charge >= 0.3 is 18.9 Å². The van der Waals surface area contributed by atoms with E-state index in [1.807, 2.05) is 32.9 Å². The Kier molecular flexibility index (Phi) is 11.2. The van der Waals surface area contributed by atoms with Crippen molar-refractivity contribution in [2.45, 2.75) is 46.8 Å². The summed E-state index contributed by atoms with van der Waals surface area (Å²) in [4.78, 5) is 0. The molecular weight excluding hydrogens is 258 g/mol. The molecule has 0 heterocycles. The largest absolute Gasteiger partial charge is 1.00 e. The van der Waals surface area contributed by atoms with Crippen LogP contribution in [0.2, 0.25) is 19.6 Å². The van der Waals surface area contributed by atoms with Gasteiger partial charge in [-0.15, -0.1) is 12.5 Å². The van der Waals surface area contributed by atoms with Gasteiger partial charge in [-0.3, -0.25) is 4.57 Å². The summed E-state index contributed by atoms with van der Waals surface area (Å²) in [6, 6.07) is 0. The Morgan fingerprint density at radius 2 is 1.61 bits per heavy atom. The molecule has 0 N–H and O–H groups in total. The molecule has 0 atom stereocenters. The zero-order chi connectivity index (χ0) is 13.5. The molecule has 0 aliphatic heterocycles. The second-order valence-electron chi connectivity index (χ2n) is 4.80. The standard InChI is InChI=1S/C12H26O3PSi.Li/c1-7-10-11-12(17(4,5)6)16(13,14-8-2)15-9-3;/h7,10H,8-9,11H2,1-6H3;/q-1;+1/b10-7+;. The Morgan fingerprint density at radius 1 is 1.17 bits per heavy atom. The zero-order valence-electron chi connectivity index (χ0n) is 12.9. The van der Waals surface area contributed by atoms with Gasteiger partial charge in [0.1, 0.15) is 0 Å². The molecule has 0 spiro atoms.